The smallest absolute Gasteiger partial charge is 0.340 e. The number of carbonyl (C=O) groups is 3. The van der Waals surface area contributed by atoms with Crippen LogP contribution in [0.4, 0.5) is 5.00 Å². The summed E-state index contributed by atoms with van der Waals surface area (Å²) in [5, 5.41) is 14.2. The predicted octanol–water partition coefficient (Wildman–Crippen LogP) is 2.54. The quantitative estimate of drug-likeness (QED) is 0.640. The van der Waals surface area contributed by atoms with E-state index in [1.807, 2.05) is 6.07 Å². The normalized spacial score (nSPS) is 10.3. The number of rotatable bonds is 6. The number of methoxy groups -OCH3 is 1. The Morgan fingerprint density at radius 2 is 2.04 bits per heavy atom. The minimum Gasteiger partial charge on any atom is -0.465 e. The number of para-hydroxylation sites is 1. The van der Waals surface area contributed by atoms with E-state index >= 15 is 0 Å². The number of carbonyl (C=O) groups excluding carboxylic acids is 3. The number of nitrogens with one attached hydrogen (secondary N) is 1. The van der Waals surface area contributed by atoms with Gasteiger partial charge >= 0.3 is 11.9 Å². The third-order valence-corrected chi connectivity index (χ3v) is 4.73. The standard InChI is InChI=1S/C19H15N3O5S/c1-26-19(25)14-9-22(15-5-3-2-4-13(14)15)10-17(24)27-11-16(23)21-18-12(8-20)6-7-28-18/h2-7,9H,10-11H2,1H3,(H,21,23). The first-order valence-corrected chi connectivity index (χ1v) is 9.00. The molecule has 3 aromatic rings. The molecule has 1 N–H and O–H groups in total. The van der Waals surface area contributed by atoms with Crippen LogP contribution in [0.2, 0.25) is 0 Å². The fourth-order valence-electron chi connectivity index (χ4n) is 2.64. The molecule has 142 valence electrons. The number of ether oxygens (including phenoxy) is 2. The lowest BCUT2D eigenvalue weighted by molar-refractivity contribution is -0.147. The second-order valence-electron chi connectivity index (χ2n) is 5.66. The van der Waals surface area contributed by atoms with E-state index in [-0.39, 0.29) is 6.54 Å². The molecular formula is C19H15N3O5S. The van der Waals surface area contributed by atoms with Gasteiger partial charge in [-0.1, -0.05) is 18.2 Å². The zero-order chi connectivity index (χ0) is 20.1. The van der Waals surface area contributed by atoms with Crippen LogP contribution >= 0.6 is 11.3 Å². The van der Waals surface area contributed by atoms with Crippen molar-refractivity contribution < 1.29 is 23.9 Å². The maximum absolute atomic E-state index is 12.1. The Kier molecular flexibility index (Phi) is 5.72. The van der Waals surface area contributed by atoms with Crippen LogP contribution in [0, 0.1) is 11.3 Å². The first kappa shape index (κ1) is 19.1. The maximum Gasteiger partial charge on any atom is 0.340 e. The summed E-state index contributed by atoms with van der Waals surface area (Å²) in [4.78, 5) is 36.0. The first-order chi connectivity index (χ1) is 13.5. The first-order valence-electron chi connectivity index (χ1n) is 8.12. The van der Waals surface area contributed by atoms with Gasteiger partial charge in [-0.15, -0.1) is 11.3 Å². The van der Waals surface area contributed by atoms with E-state index in [1.54, 1.807) is 40.3 Å². The van der Waals surface area contributed by atoms with Crippen LogP contribution < -0.4 is 5.32 Å². The maximum atomic E-state index is 12.1. The monoisotopic (exact) mass is 397 g/mol. The summed E-state index contributed by atoms with van der Waals surface area (Å²) in [5.41, 5.74) is 1.35. The summed E-state index contributed by atoms with van der Waals surface area (Å²) in [7, 11) is 1.28. The zero-order valence-electron chi connectivity index (χ0n) is 14.8. The van der Waals surface area contributed by atoms with Crippen molar-refractivity contribution in [2.24, 2.45) is 0 Å². The molecule has 0 saturated heterocycles. The van der Waals surface area contributed by atoms with Crippen molar-refractivity contribution in [1.29, 1.82) is 5.26 Å². The third kappa shape index (κ3) is 4.02. The van der Waals surface area contributed by atoms with Crippen LogP contribution in [-0.2, 0) is 25.6 Å². The SMILES string of the molecule is COC(=O)c1cn(CC(=O)OCC(=O)Nc2sccc2C#N)c2ccccc12. The van der Waals surface area contributed by atoms with Gasteiger partial charge in [0.25, 0.3) is 5.91 Å². The number of nitriles is 1. The highest BCUT2D eigenvalue weighted by atomic mass is 32.1. The molecule has 9 heteroatoms. The van der Waals surface area contributed by atoms with Crippen LogP contribution in [0.25, 0.3) is 10.9 Å². The molecule has 1 aromatic carbocycles. The summed E-state index contributed by atoms with van der Waals surface area (Å²) in [6.45, 7) is -0.655. The fourth-order valence-corrected chi connectivity index (χ4v) is 3.39. The van der Waals surface area contributed by atoms with Gasteiger partial charge in [-0.05, 0) is 17.5 Å². The number of aromatic nitrogens is 1. The van der Waals surface area contributed by atoms with Crippen molar-refractivity contribution in [2.45, 2.75) is 6.54 Å². The topological polar surface area (TPSA) is 110 Å². The Labute approximate surface area is 163 Å². The van der Waals surface area contributed by atoms with Gasteiger partial charge in [0.1, 0.15) is 17.6 Å². The zero-order valence-corrected chi connectivity index (χ0v) is 15.6. The van der Waals surface area contributed by atoms with Gasteiger partial charge in [0.15, 0.2) is 6.61 Å². The van der Waals surface area contributed by atoms with Crippen molar-refractivity contribution in [3.63, 3.8) is 0 Å². The average molecular weight is 397 g/mol. The van der Waals surface area contributed by atoms with E-state index < -0.39 is 24.5 Å². The Balaban J connectivity index is 1.64. The minimum absolute atomic E-state index is 0.173. The molecule has 2 aromatic heterocycles. The lowest BCUT2D eigenvalue weighted by atomic mass is 10.2. The Hall–Kier alpha value is -3.64. The van der Waals surface area contributed by atoms with Crippen LogP contribution in [0.1, 0.15) is 15.9 Å². The molecule has 28 heavy (non-hydrogen) atoms. The number of fused-ring (bicyclic) bond motifs is 1. The highest BCUT2D eigenvalue weighted by Crippen LogP contribution is 2.23. The van der Waals surface area contributed by atoms with Crippen LogP contribution in [0.15, 0.2) is 41.9 Å². The number of hydrogen-bond acceptors (Lipinski definition) is 7. The van der Waals surface area contributed by atoms with Gasteiger partial charge in [-0.2, -0.15) is 5.26 Å². The number of anilines is 1. The molecule has 0 bridgehead atoms. The van der Waals surface area contributed by atoms with E-state index in [9.17, 15) is 14.4 Å². The van der Waals surface area contributed by atoms with Crippen molar-refractivity contribution in [3.8, 4) is 6.07 Å². The largest absolute Gasteiger partial charge is 0.465 e. The van der Waals surface area contributed by atoms with Crippen LogP contribution in [-0.4, -0.2) is 36.1 Å². The molecule has 0 aliphatic rings. The molecule has 0 atom stereocenters. The molecule has 0 radical (unpaired) electrons. The summed E-state index contributed by atoms with van der Waals surface area (Å²) >= 11 is 1.21. The molecule has 3 rings (SSSR count). The highest BCUT2D eigenvalue weighted by Gasteiger charge is 2.17. The predicted molar refractivity (Wildman–Crippen MR) is 102 cm³/mol. The number of nitrogens with zero attached hydrogens (tertiary/aromatic N) is 2. The molecule has 2 heterocycles. The molecule has 0 unspecified atom stereocenters. The Bertz CT molecular complexity index is 1090. The van der Waals surface area contributed by atoms with Crippen molar-refractivity contribution in [3.05, 3.63) is 53.0 Å². The van der Waals surface area contributed by atoms with Gasteiger partial charge in [0.05, 0.1) is 18.2 Å². The molecule has 0 aliphatic heterocycles. The lowest BCUT2D eigenvalue weighted by Gasteiger charge is -2.07. The second-order valence-corrected chi connectivity index (χ2v) is 6.58. The van der Waals surface area contributed by atoms with Gasteiger partial charge in [-0.3, -0.25) is 9.59 Å². The van der Waals surface area contributed by atoms with E-state index in [0.29, 0.717) is 27.0 Å². The molecule has 0 saturated carbocycles. The molecule has 0 spiro atoms. The van der Waals surface area contributed by atoms with E-state index in [4.69, 9.17) is 14.7 Å². The molecule has 8 nitrogen and oxygen atoms in total. The fraction of sp³-hybridized carbons (Fsp3) is 0.158. The lowest BCUT2D eigenvalue weighted by Crippen LogP contribution is -2.22. The molecule has 1 amide bonds. The van der Waals surface area contributed by atoms with Crippen LogP contribution in [0.5, 0.6) is 0 Å². The number of thiophene rings is 1. The Morgan fingerprint density at radius 3 is 2.79 bits per heavy atom. The van der Waals surface area contributed by atoms with Gasteiger partial charge in [0.2, 0.25) is 0 Å². The minimum atomic E-state index is -0.640. The van der Waals surface area contributed by atoms with Crippen molar-refractivity contribution in [2.75, 3.05) is 19.0 Å². The third-order valence-electron chi connectivity index (χ3n) is 3.90. The van der Waals surface area contributed by atoms with Gasteiger partial charge in [0, 0.05) is 17.1 Å². The molecule has 0 fully saturated rings. The second kappa shape index (κ2) is 8.37. The van der Waals surface area contributed by atoms with Crippen molar-refractivity contribution in [1.82, 2.24) is 4.57 Å². The average Bonchev–Trinajstić information content (AvgIpc) is 3.30. The summed E-state index contributed by atoms with van der Waals surface area (Å²) in [6.07, 6.45) is 1.52. The summed E-state index contributed by atoms with van der Waals surface area (Å²) in [5.74, 6) is -1.69. The summed E-state index contributed by atoms with van der Waals surface area (Å²) in [6, 6.07) is 10.6. The summed E-state index contributed by atoms with van der Waals surface area (Å²) < 4.78 is 11.3. The number of amides is 1. The Morgan fingerprint density at radius 1 is 1.25 bits per heavy atom. The molecular weight excluding hydrogens is 382 g/mol. The van der Waals surface area contributed by atoms with E-state index in [2.05, 4.69) is 5.32 Å². The van der Waals surface area contributed by atoms with Crippen LogP contribution in [0.3, 0.4) is 0 Å². The van der Waals surface area contributed by atoms with Crippen molar-refractivity contribution >= 4 is 45.1 Å². The number of hydrogen-bond donors (Lipinski definition) is 1. The van der Waals surface area contributed by atoms with Gasteiger partial charge < -0.3 is 19.4 Å². The van der Waals surface area contributed by atoms with E-state index in [1.165, 1.54) is 24.6 Å². The number of esters is 2. The van der Waals surface area contributed by atoms with E-state index in [0.717, 1.165) is 0 Å². The van der Waals surface area contributed by atoms with Gasteiger partial charge in [-0.25, -0.2) is 4.79 Å². The highest BCUT2D eigenvalue weighted by molar-refractivity contribution is 7.14. The molecule has 0 aliphatic carbocycles. The number of benzene rings is 1.